The Balaban J connectivity index is 2.84. The van der Waals surface area contributed by atoms with Gasteiger partial charge in [-0.15, -0.1) is 0 Å². The summed E-state index contributed by atoms with van der Waals surface area (Å²) in [7, 11) is 0. The summed E-state index contributed by atoms with van der Waals surface area (Å²) in [5.41, 5.74) is 1.59. The maximum Gasteiger partial charge on any atom is 0.319 e. The topological polar surface area (TPSA) is 50.4 Å². The quantitative estimate of drug-likeness (QED) is 0.879. The second-order valence-electron chi connectivity index (χ2n) is 4.28. The van der Waals surface area contributed by atoms with E-state index in [-0.39, 0.29) is 12.1 Å². The van der Waals surface area contributed by atoms with Gasteiger partial charge in [-0.05, 0) is 45.4 Å². The van der Waals surface area contributed by atoms with Gasteiger partial charge in [-0.25, -0.2) is 4.79 Å². The monoisotopic (exact) mass is 270 g/mol. The standard InChI is InChI=1S/C13H19ClN2O2/c1-5-18-12-6-9(4)11(7-10(12)14)16-13(17)15-8(2)3/h6-8H,5H2,1-4H3,(H2,15,16,17). The summed E-state index contributed by atoms with van der Waals surface area (Å²) in [5.74, 6) is 0.631. The predicted molar refractivity (Wildman–Crippen MR) is 74.6 cm³/mol. The number of carbonyl (C=O) groups excluding carboxylic acids is 1. The minimum Gasteiger partial charge on any atom is -0.492 e. The molecule has 0 aliphatic heterocycles. The molecule has 2 N–H and O–H groups in total. The van der Waals surface area contributed by atoms with Crippen LogP contribution in [0.3, 0.4) is 0 Å². The van der Waals surface area contributed by atoms with Crippen LogP contribution in [0.2, 0.25) is 5.02 Å². The van der Waals surface area contributed by atoms with Crippen LogP contribution < -0.4 is 15.4 Å². The lowest BCUT2D eigenvalue weighted by molar-refractivity contribution is 0.250. The maximum absolute atomic E-state index is 11.6. The van der Waals surface area contributed by atoms with Gasteiger partial charge in [0, 0.05) is 11.7 Å². The summed E-state index contributed by atoms with van der Waals surface area (Å²) in [4.78, 5) is 11.6. The van der Waals surface area contributed by atoms with Gasteiger partial charge < -0.3 is 15.4 Å². The number of hydrogen-bond acceptors (Lipinski definition) is 2. The van der Waals surface area contributed by atoms with E-state index in [0.717, 1.165) is 5.56 Å². The Morgan fingerprint density at radius 2 is 2.11 bits per heavy atom. The van der Waals surface area contributed by atoms with Crippen LogP contribution >= 0.6 is 11.6 Å². The van der Waals surface area contributed by atoms with Crippen molar-refractivity contribution in [3.63, 3.8) is 0 Å². The summed E-state index contributed by atoms with van der Waals surface area (Å²) in [6.45, 7) is 8.15. The van der Waals surface area contributed by atoms with Crippen LogP contribution in [0, 0.1) is 6.92 Å². The van der Waals surface area contributed by atoms with Crippen LogP contribution in [0.5, 0.6) is 5.75 Å². The molecule has 0 saturated heterocycles. The first-order chi connectivity index (χ1) is 8.43. The Kier molecular flexibility index (Phi) is 5.28. The molecule has 1 rings (SSSR count). The van der Waals surface area contributed by atoms with E-state index in [0.29, 0.717) is 23.1 Å². The average molecular weight is 271 g/mol. The third-order valence-corrected chi connectivity index (χ3v) is 2.54. The SMILES string of the molecule is CCOc1cc(C)c(NC(=O)NC(C)C)cc1Cl. The van der Waals surface area contributed by atoms with Gasteiger partial charge in [0.1, 0.15) is 5.75 Å². The number of amides is 2. The van der Waals surface area contributed by atoms with E-state index in [1.807, 2.05) is 33.8 Å². The third kappa shape index (κ3) is 4.11. The van der Waals surface area contributed by atoms with Crippen LogP contribution in [0.1, 0.15) is 26.3 Å². The molecular weight excluding hydrogens is 252 g/mol. The zero-order valence-corrected chi connectivity index (χ0v) is 11.9. The minimum atomic E-state index is -0.242. The van der Waals surface area contributed by atoms with Gasteiger partial charge in [0.25, 0.3) is 0 Å². The van der Waals surface area contributed by atoms with Crippen molar-refractivity contribution < 1.29 is 9.53 Å². The van der Waals surface area contributed by atoms with Crippen LogP contribution in [0.25, 0.3) is 0 Å². The van der Waals surface area contributed by atoms with Crippen LogP contribution in [0.4, 0.5) is 10.5 Å². The highest BCUT2D eigenvalue weighted by Crippen LogP contribution is 2.30. The summed E-state index contributed by atoms with van der Waals surface area (Å²) in [6, 6.07) is 3.36. The zero-order chi connectivity index (χ0) is 13.7. The van der Waals surface area contributed by atoms with E-state index in [1.54, 1.807) is 6.07 Å². The van der Waals surface area contributed by atoms with E-state index < -0.39 is 0 Å². The van der Waals surface area contributed by atoms with Crippen LogP contribution in [-0.2, 0) is 0 Å². The molecule has 0 radical (unpaired) electrons. The summed E-state index contributed by atoms with van der Waals surface area (Å²) in [6.07, 6.45) is 0. The summed E-state index contributed by atoms with van der Waals surface area (Å²) in [5, 5.41) is 6.00. The Labute approximate surface area is 113 Å². The van der Waals surface area contributed by atoms with Gasteiger partial charge >= 0.3 is 6.03 Å². The Hall–Kier alpha value is -1.42. The Morgan fingerprint density at radius 3 is 2.67 bits per heavy atom. The van der Waals surface area contributed by atoms with Gasteiger partial charge in [0.05, 0.1) is 11.6 Å². The summed E-state index contributed by atoms with van der Waals surface area (Å²) >= 11 is 6.07. The van der Waals surface area contributed by atoms with Gasteiger partial charge in [0.15, 0.2) is 0 Å². The molecule has 1 aromatic carbocycles. The molecule has 2 amide bonds. The number of ether oxygens (including phenoxy) is 1. The zero-order valence-electron chi connectivity index (χ0n) is 11.1. The highest BCUT2D eigenvalue weighted by Gasteiger charge is 2.10. The lowest BCUT2D eigenvalue weighted by Gasteiger charge is -2.14. The number of anilines is 1. The number of halogens is 1. The molecule has 0 unspecified atom stereocenters. The van der Waals surface area contributed by atoms with Crippen molar-refractivity contribution >= 4 is 23.3 Å². The van der Waals surface area contributed by atoms with E-state index >= 15 is 0 Å². The van der Waals surface area contributed by atoms with E-state index in [2.05, 4.69) is 10.6 Å². The lowest BCUT2D eigenvalue weighted by Crippen LogP contribution is -2.34. The number of rotatable bonds is 4. The lowest BCUT2D eigenvalue weighted by atomic mass is 10.2. The normalized spacial score (nSPS) is 10.3. The Bertz CT molecular complexity index is 433. The van der Waals surface area contributed by atoms with E-state index in [9.17, 15) is 4.79 Å². The van der Waals surface area contributed by atoms with Crippen molar-refractivity contribution in [2.45, 2.75) is 33.7 Å². The number of benzene rings is 1. The molecule has 5 heteroatoms. The number of carbonyl (C=O) groups is 1. The highest BCUT2D eigenvalue weighted by atomic mass is 35.5. The first-order valence-electron chi connectivity index (χ1n) is 5.94. The van der Waals surface area contributed by atoms with E-state index in [1.165, 1.54) is 0 Å². The van der Waals surface area contributed by atoms with E-state index in [4.69, 9.17) is 16.3 Å². The molecular formula is C13H19ClN2O2. The molecule has 4 nitrogen and oxygen atoms in total. The van der Waals surface area contributed by atoms with Crippen molar-refractivity contribution in [1.29, 1.82) is 0 Å². The second-order valence-corrected chi connectivity index (χ2v) is 4.69. The highest BCUT2D eigenvalue weighted by molar-refractivity contribution is 6.32. The molecule has 100 valence electrons. The van der Waals surface area contributed by atoms with Crippen molar-refractivity contribution in [2.75, 3.05) is 11.9 Å². The molecule has 0 atom stereocenters. The fourth-order valence-electron chi connectivity index (χ4n) is 1.48. The summed E-state index contributed by atoms with van der Waals surface area (Å²) < 4.78 is 5.38. The first kappa shape index (κ1) is 14.6. The molecule has 0 saturated carbocycles. The predicted octanol–water partition coefficient (Wildman–Crippen LogP) is 3.58. The number of hydrogen-bond donors (Lipinski definition) is 2. The fourth-order valence-corrected chi connectivity index (χ4v) is 1.69. The number of aryl methyl sites for hydroxylation is 1. The van der Waals surface area contributed by atoms with Gasteiger partial charge in [0.2, 0.25) is 0 Å². The smallest absolute Gasteiger partial charge is 0.319 e. The third-order valence-electron chi connectivity index (χ3n) is 2.25. The molecule has 0 aliphatic carbocycles. The Morgan fingerprint density at radius 1 is 1.44 bits per heavy atom. The molecule has 1 aromatic rings. The minimum absolute atomic E-state index is 0.0866. The maximum atomic E-state index is 11.6. The van der Waals surface area contributed by atoms with Gasteiger partial charge in [-0.1, -0.05) is 11.6 Å². The van der Waals surface area contributed by atoms with Crippen molar-refractivity contribution in [3.8, 4) is 5.75 Å². The molecule has 0 bridgehead atoms. The first-order valence-corrected chi connectivity index (χ1v) is 6.32. The van der Waals surface area contributed by atoms with Gasteiger partial charge in [-0.2, -0.15) is 0 Å². The van der Waals surface area contributed by atoms with Crippen LogP contribution in [-0.4, -0.2) is 18.7 Å². The molecule has 0 aromatic heterocycles. The average Bonchev–Trinajstić information content (AvgIpc) is 2.24. The molecule has 0 aliphatic rings. The molecule has 0 spiro atoms. The fraction of sp³-hybridized carbons (Fsp3) is 0.462. The number of nitrogens with one attached hydrogen (secondary N) is 2. The molecule has 0 heterocycles. The van der Waals surface area contributed by atoms with Gasteiger partial charge in [-0.3, -0.25) is 0 Å². The van der Waals surface area contributed by atoms with Crippen molar-refractivity contribution in [2.24, 2.45) is 0 Å². The molecule has 0 fully saturated rings. The largest absolute Gasteiger partial charge is 0.492 e. The van der Waals surface area contributed by atoms with Crippen LogP contribution in [0.15, 0.2) is 12.1 Å². The second kappa shape index (κ2) is 6.50. The van der Waals surface area contributed by atoms with Crippen molar-refractivity contribution in [3.05, 3.63) is 22.7 Å². The van der Waals surface area contributed by atoms with Crippen molar-refractivity contribution in [1.82, 2.24) is 5.32 Å². The molecule has 18 heavy (non-hydrogen) atoms. The number of urea groups is 1.